The van der Waals surface area contributed by atoms with Gasteiger partial charge in [-0.05, 0) is 56.5 Å². The molecule has 3 aliphatic rings. The summed E-state index contributed by atoms with van der Waals surface area (Å²) in [5.74, 6) is -3.44. The summed E-state index contributed by atoms with van der Waals surface area (Å²) in [6.45, 7) is 0. The van der Waals surface area contributed by atoms with Crippen LogP contribution in [-0.4, -0.2) is 74.4 Å². The van der Waals surface area contributed by atoms with Gasteiger partial charge in [0.05, 0.1) is 11.6 Å². The van der Waals surface area contributed by atoms with Crippen molar-refractivity contribution in [1.29, 1.82) is 0 Å². The fourth-order valence-electron chi connectivity index (χ4n) is 5.49. The molecule has 0 spiro atoms. The highest BCUT2D eigenvalue weighted by Crippen LogP contribution is 2.52. The van der Waals surface area contributed by atoms with E-state index >= 15 is 0 Å². The van der Waals surface area contributed by atoms with Gasteiger partial charge in [0.15, 0.2) is 11.4 Å². The third-order valence-electron chi connectivity index (χ3n) is 6.92. The lowest BCUT2D eigenvalue weighted by atomic mass is 9.57. The maximum Gasteiger partial charge on any atom is 0.293 e. The van der Waals surface area contributed by atoms with Gasteiger partial charge in [0.2, 0.25) is 5.78 Å². The first-order valence-electron chi connectivity index (χ1n) is 10.6. The number of carbonyl (C=O) groups excluding carboxylic acids is 4. The second kappa shape index (κ2) is 7.97. The highest BCUT2D eigenvalue weighted by atomic mass is 16.3. The topological polar surface area (TPSA) is 204 Å². The Bertz CT molecular complexity index is 1350. The third kappa shape index (κ3) is 3.30. The Kier molecular flexibility index (Phi) is 5.47. The molecule has 4 rings (SSSR count). The molecule has 11 heteroatoms. The molecular weight excluding hydrogens is 458 g/mol. The zero-order chi connectivity index (χ0) is 26.0. The van der Waals surface area contributed by atoms with Crippen molar-refractivity contribution in [3.05, 3.63) is 45.7 Å². The van der Waals surface area contributed by atoms with E-state index in [1.807, 2.05) is 0 Å². The van der Waals surface area contributed by atoms with Crippen LogP contribution >= 0.6 is 0 Å². The Morgan fingerprint density at radius 2 is 1.80 bits per heavy atom. The summed E-state index contributed by atoms with van der Waals surface area (Å²) in [6.07, 6.45) is 0.00974. The lowest BCUT2D eigenvalue weighted by Gasteiger charge is -2.50. The predicted molar refractivity (Wildman–Crippen MR) is 120 cm³/mol. The first-order valence-corrected chi connectivity index (χ1v) is 10.6. The van der Waals surface area contributed by atoms with Crippen LogP contribution in [0.15, 0.2) is 29.0 Å². The predicted octanol–water partition coefficient (Wildman–Crippen LogP) is -1.20. The van der Waals surface area contributed by atoms with Gasteiger partial charge < -0.3 is 31.9 Å². The Hall–Kier alpha value is -4.14. The number of phenols is 1. The molecule has 35 heavy (non-hydrogen) atoms. The van der Waals surface area contributed by atoms with Crippen molar-refractivity contribution in [2.75, 3.05) is 14.1 Å². The molecule has 0 radical (unpaired) electrons. The Balaban J connectivity index is 1.98. The smallest absolute Gasteiger partial charge is 0.293 e. The first-order chi connectivity index (χ1) is 16.3. The number of amides is 2. The molecular formula is C24H23N3O8. The summed E-state index contributed by atoms with van der Waals surface area (Å²) >= 11 is 0. The van der Waals surface area contributed by atoms with E-state index in [0.717, 1.165) is 0 Å². The number of fused-ring (bicyclic) bond motifs is 3. The van der Waals surface area contributed by atoms with Crippen molar-refractivity contribution < 1.29 is 39.6 Å². The number of ketones is 2. The second-order valence-corrected chi connectivity index (χ2v) is 9.06. The zero-order valence-corrected chi connectivity index (χ0v) is 18.8. The van der Waals surface area contributed by atoms with Crippen molar-refractivity contribution >= 4 is 29.1 Å². The lowest BCUT2D eigenvalue weighted by Crippen LogP contribution is -2.65. The standard InChI is InChI=1S/C24H23N3O8/c1-27(2)18-12-8-10-7-11-9(4-6-14(25)29)3-5-13(28)16(11)19(30)15(10)21(32)24(12,35)22(33)17(20(18)31)23(26)34/h3,5,10,12,18,28,30,33,35H,7-8H2,1-2H3,(H2,25,29)(H2,26,34)/t10-,12+,18+,24+/m0/s1. The highest BCUT2D eigenvalue weighted by Gasteiger charge is 2.64. The number of aromatic hydroxyl groups is 1. The van der Waals surface area contributed by atoms with Crippen LogP contribution in [-0.2, 0) is 25.6 Å². The number of benzene rings is 1. The molecule has 0 heterocycles. The molecule has 1 aromatic carbocycles. The zero-order valence-electron chi connectivity index (χ0n) is 18.8. The Morgan fingerprint density at radius 3 is 2.37 bits per heavy atom. The van der Waals surface area contributed by atoms with Crippen molar-refractivity contribution in [1.82, 2.24) is 4.90 Å². The number of carbonyl (C=O) groups is 4. The van der Waals surface area contributed by atoms with Crippen molar-refractivity contribution in [3.8, 4) is 17.6 Å². The number of primary amides is 2. The quantitative estimate of drug-likeness (QED) is 0.221. The number of Topliss-reactive ketones (excluding diaryl/α,β-unsaturated/α-hetero) is 2. The van der Waals surface area contributed by atoms with Gasteiger partial charge in [0.25, 0.3) is 11.8 Å². The Labute approximate surface area is 199 Å². The van der Waals surface area contributed by atoms with Crippen LogP contribution in [0.5, 0.6) is 5.75 Å². The van der Waals surface area contributed by atoms with Crippen molar-refractivity contribution in [2.24, 2.45) is 23.3 Å². The fourth-order valence-corrected chi connectivity index (χ4v) is 5.49. The number of hydrogen-bond acceptors (Lipinski definition) is 9. The van der Waals surface area contributed by atoms with E-state index in [-0.39, 0.29) is 35.3 Å². The molecule has 4 atom stereocenters. The van der Waals surface area contributed by atoms with E-state index in [1.54, 1.807) is 0 Å². The first kappa shape index (κ1) is 24.0. The fraction of sp³-hybridized carbons (Fsp3) is 0.333. The number of aliphatic hydroxyl groups is 3. The number of hydrogen-bond donors (Lipinski definition) is 6. The number of aliphatic hydroxyl groups excluding tert-OH is 2. The van der Waals surface area contributed by atoms with E-state index in [0.29, 0.717) is 5.56 Å². The van der Waals surface area contributed by atoms with Gasteiger partial charge in [0, 0.05) is 17.1 Å². The third-order valence-corrected chi connectivity index (χ3v) is 6.92. The van der Waals surface area contributed by atoms with Crippen LogP contribution in [0.3, 0.4) is 0 Å². The number of nitrogens with zero attached hydrogens (tertiary/aromatic N) is 1. The summed E-state index contributed by atoms with van der Waals surface area (Å²) in [5.41, 5.74) is 7.06. The maximum atomic E-state index is 13.7. The largest absolute Gasteiger partial charge is 0.508 e. The minimum Gasteiger partial charge on any atom is -0.508 e. The van der Waals surface area contributed by atoms with Crippen LogP contribution in [0, 0.1) is 23.7 Å². The number of nitrogens with two attached hydrogens (primary N) is 2. The molecule has 0 saturated heterocycles. The molecule has 1 aromatic rings. The summed E-state index contributed by atoms with van der Waals surface area (Å²) < 4.78 is 0. The summed E-state index contributed by atoms with van der Waals surface area (Å²) in [5, 5.41) is 43.8. The van der Waals surface area contributed by atoms with Crippen LogP contribution in [0.1, 0.15) is 23.1 Å². The molecule has 1 fully saturated rings. The maximum absolute atomic E-state index is 13.7. The minimum atomic E-state index is -2.70. The summed E-state index contributed by atoms with van der Waals surface area (Å²) in [4.78, 5) is 51.3. The average molecular weight is 481 g/mol. The summed E-state index contributed by atoms with van der Waals surface area (Å²) in [7, 11) is 3.03. The average Bonchev–Trinajstić information content (AvgIpc) is 2.75. The van der Waals surface area contributed by atoms with Gasteiger partial charge in [-0.15, -0.1) is 0 Å². The van der Waals surface area contributed by atoms with E-state index in [9.17, 15) is 39.6 Å². The van der Waals surface area contributed by atoms with Gasteiger partial charge in [-0.25, -0.2) is 0 Å². The number of likely N-dealkylation sites (N-methyl/N-ethyl adjacent to an activating group) is 1. The van der Waals surface area contributed by atoms with Gasteiger partial charge in [-0.2, -0.15) is 0 Å². The lowest BCUT2D eigenvalue weighted by molar-refractivity contribution is -0.153. The summed E-state index contributed by atoms with van der Waals surface area (Å²) in [6, 6.07) is 1.48. The molecule has 11 nitrogen and oxygen atoms in total. The number of phenolic OH excluding ortho intramolecular Hbond substituents is 1. The molecule has 8 N–H and O–H groups in total. The Morgan fingerprint density at radius 1 is 1.14 bits per heavy atom. The van der Waals surface area contributed by atoms with Crippen LogP contribution < -0.4 is 11.5 Å². The highest BCUT2D eigenvalue weighted by molar-refractivity contribution is 6.24. The van der Waals surface area contributed by atoms with Crippen LogP contribution in [0.25, 0.3) is 5.76 Å². The monoisotopic (exact) mass is 481 g/mol. The molecule has 0 aliphatic heterocycles. The van der Waals surface area contributed by atoms with E-state index in [2.05, 4.69) is 11.8 Å². The minimum absolute atomic E-state index is 0.0515. The normalized spacial score (nSPS) is 27.6. The molecule has 3 aliphatic carbocycles. The van der Waals surface area contributed by atoms with Gasteiger partial charge in [0.1, 0.15) is 22.8 Å². The van der Waals surface area contributed by atoms with Gasteiger partial charge in [-0.1, -0.05) is 5.92 Å². The van der Waals surface area contributed by atoms with Crippen LogP contribution in [0.4, 0.5) is 0 Å². The van der Waals surface area contributed by atoms with E-state index in [4.69, 9.17) is 11.5 Å². The van der Waals surface area contributed by atoms with Crippen molar-refractivity contribution in [2.45, 2.75) is 24.5 Å². The molecule has 182 valence electrons. The van der Waals surface area contributed by atoms with Crippen LogP contribution in [0.2, 0.25) is 0 Å². The van der Waals surface area contributed by atoms with E-state index in [1.165, 1.54) is 31.1 Å². The molecule has 2 amide bonds. The SMILES string of the molecule is CN(C)[C@H]1C(=O)C(C(N)=O)=C(O)[C@]2(O)C(=O)C3=C(O)c4c(O)ccc(C#CC(N)=O)c4C[C@H]3C[C@H]12. The molecule has 1 saturated carbocycles. The van der Waals surface area contributed by atoms with Gasteiger partial charge >= 0.3 is 0 Å². The number of rotatable bonds is 2. The molecule has 0 bridgehead atoms. The second-order valence-electron chi connectivity index (χ2n) is 9.06. The van der Waals surface area contributed by atoms with Gasteiger partial charge in [-0.3, -0.25) is 24.1 Å². The van der Waals surface area contributed by atoms with Crippen molar-refractivity contribution in [3.63, 3.8) is 0 Å². The molecule has 0 unspecified atom stereocenters. The molecule has 0 aromatic heterocycles. The van der Waals surface area contributed by atoms with E-state index < -0.39 is 64.0 Å².